The third-order valence-corrected chi connectivity index (χ3v) is 1.82. The van der Waals surface area contributed by atoms with Gasteiger partial charge in [-0.25, -0.2) is 0 Å². The van der Waals surface area contributed by atoms with Gasteiger partial charge in [-0.05, 0) is 24.1 Å². The van der Waals surface area contributed by atoms with Crippen LogP contribution in [0.3, 0.4) is 0 Å². The van der Waals surface area contributed by atoms with Gasteiger partial charge in [0.05, 0.1) is 0 Å². The monoisotopic (exact) mass is 178 g/mol. The Kier molecular flexibility index (Phi) is 3.43. The van der Waals surface area contributed by atoms with Crippen molar-refractivity contribution < 1.29 is 4.79 Å². The third kappa shape index (κ3) is 2.54. The van der Waals surface area contributed by atoms with Crippen molar-refractivity contribution >= 4 is 5.91 Å². The van der Waals surface area contributed by atoms with Crippen molar-refractivity contribution in [2.75, 3.05) is 7.05 Å². The van der Waals surface area contributed by atoms with E-state index in [0.717, 1.165) is 18.4 Å². The molecule has 0 aromatic carbocycles. The first-order chi connectivity index (χ1) is 6.27. The van der Waals surface area contributed by atoms with Crippen LogP contribution in [0.15, 0.2) is 18.3 Å². The molecule has 0 fully saturated rings. The normalized spacial score (nSPS) is 9.69. The molecule has 3 heteroatoms. The third-order valence-electron chi connectivity index (χ3n) is 1.82. The van der Waals surface area contributed by atoms with E-state index in [1.807, 2.05) is 12.1 Å². The van der Waals surface area contributed by atoms with Gasteiger partial charge in [-0.15, -0.1) is 0 Å². The number of nitrogens with one attached hydrogen (secondary N) is 1. The Morgan fingerprint density at radius 1 is 1.62 bits per heavy atom. The minimum absolute atomic E-state index is 0.127. The van der Waals surface area contributed by atoms with Crippen LogP contribution in [0.4, 0.5) is 0 Å². The molecule has 0 saturated heterocycles. The minimum Gasteiger partial charge on any atom is -0.354 e. The molecule has 13 heavy (non-hydrogen) atoms. The molecule has 3 nitrogen and oxygen atoms in total. The number of aryl methyl sites for hydroxylation is 1. The first-order valence-electron chi connectivity index (χ1n) is 4.45. The number of carbonyl (C=O) groups excluding carboxylic acids is 1. The van der Waals surface area contributed by atoms with Crippen molar-refractivity contribution in [3.8, 4) is 0 Å². The lowest BCUT2D eigenvalue weighted by molar-refractivity contribution is 0.0958. The molecule has 70 valence electrons. The number of hydrogen-bond acceptors (Lipinski definition) is 2. The van der Waals surface area contributed by atoms with Crippen molar-refractivity contribution in [3.63, 3.8) is 0 Å². The van der Waals surface area contributed by atoms with E-state index in [2.05, 4.69) is 17.2 Å². The molecular formula is C10H14N2O. The molecule has 0 radical (unpaired) electrons. The highest BCUT2D eigenvalue weighted by molar-refractivity contribution is 5.92. The molecule has 1 aromatic heterocycles. The van der Waals surface area contributed by atoms with Gasteiger partial charge < -0.3 is 5.32 Å². The van der Waals surface area contributed by atoms with E-state index >= 15 is 0 Å². The molecule has 0 aliphatic heterocycles. The largest absolute Gasteiger partial charge is 0.354 e. The first-order valence-corrected chi connectivity index (χ1v) is 4.45. The summed E-state index contributed by atoms with van der Waals surface area (Å²) in [6.07, 6.45) is 3.75. The van der Waals surface area contributed by atoms with Crippen LogP contribution in [0.25, 0.3) is 0 Å². The number of aromatic nitrogens is 1. The van der Waals surface area contributed by atoms with E-state index in [1.54, 1.807) is 13.2 Å². The summed E-state index contributed by atoms with van der Waals surface area (Å²) in [5, 5.41) is 2.55. The zero-order valence-corrected chi connectivity index (χ0v) is 8.00. The van der Waals surface area contributed by atoms with Crippen LogP contribution in [0.5, 0.6) is 0 Å². The Bertz CT molecular complexity index is 297. The number of rotatable bonds is 3. The minimum atomic E-state index is -0.127. The smallest absolute Gasteiger partial charge is 0.269 e. The van der Waals surface area contributed by atoms with Crippen LogP contribution in [0.1, 0.15) is 29.4 Å². The predicted octanol–water partition coefficient (Wildman–Crippen LogP) is 1.39. The highest BCUT2D eigenvalue weighted by atomic mass is 16.1. The zero-order chi connectivity index (χ0) is 9.68. The Balaban J connectivity index is 2.85. The summed E-state index contributed by atoms with van der Waals surface area (Å²) in [5.74, 6) is -0.127. The molecule has 1 N–H and O–H groups in total. The lowest BCUT2D eigenvalue weighted by Crippen LogP contribution is -2.19. The van der Waals surface area contributed by atoms with Crippen LogP contribution >= 0.6 is 0 Å². The molecule has 0 spiro atoms. The highest BCUT2D eigenvalue weighted by Gasteiger charge is 2.04. The molecule has 0 aliphatic carbocycles. The van der Waals surface area contributed by atoms with Crippen LogP contribution in [0.2, 0.25) is 0 Å². The van der Waals surface area contributed by atoms with Gasteiger partial charge in [0, 0.05) is 13.2 Å². The second-order valence-electron chi connectivity index (χ2n) is 2.88. The summed E-state index contributed by atoms with van der Waals surface area (Å²) < 4.78 is 0. The molecule has 0 unspecified atom stereocenters. The number of pyridine rings is 1. The van der Waals surface area contributed by atoms with Crippen LogP contribution in [0, 0.1) is 0 Å². The van der Waals surface area contributed by atoms with Gasteiger partial charge >= 0.3 is 0 Å². The molecule has 1 rings (SSSR count). The highest BCUT2D eigenvalue weighted by Crippen LogP contribution is 2.04. The molecule has 0 aliphatic rings. The van der Waals surface area contributed by atoms with Crippen molar-refractivity contribution in [3.05, 3.63) is 29.6 Å². The zero-order valence-electron chi connectivity index (χ0n) is 8.00. The number of hydrogen-bond donors (Lipinski definition) is 1. The summed E-state index contributed by atoms with van der Waals surface area (Å²) in [4.78, 5) is 15.2. The topological polar surface area (TPSA) is 42.0 Å². The van der Waals surface area contributed by atoms with Crippen LogP contribution in [-0.2, 0) is 6.42 Å². The maximum atomic E-state index is 11.2. The van der Waals surface area contributed by atoms with Crippen LogP contribution < -0.4 is 5.32 Å². The van der Waals surface area contributed by atoms with E-state index in [4.69, 9.17) is 0 Å². The fourth-order valence-corrected chi connectivity index (χ4v) is 1.17. The van der Waals surface area contributed by atoms with Gasteiger partial charge in [-0.1, -0.05) is 13.3 Å². The Morgan fingerprint density at radius 3 is 3.00 bits per heavy atom. The van der Waals surface area contributed by atoms with Crippen LogP contribution in [-0.4, -0.2) is 17.9 Å². The summed E-state index contributed by atoms with van der Waals surface area (Å²) in [7, 11) is 1.61. The molecule has 0 atom stereocenters. The standard InChI is InChI=1S/C10H14N2O/c1-3-4-8-5-6-12-9(7-8)10(13)11-2/h5-7H,3-4H2,1-2H3,(H,11,13). The van der Waals surface area contributed by atoms with Gasteiger partial charge in [0.1, 0.15) is 5.69 Å². The van der Waals surface area contributed by atoms with Gasteiger partial charge in [-0.3, -0.25) is 9.78 Å². The van der Waals surface area contributed by atoms with E-state index in [9.17, 15) is 4.79 Å². The maximum absolute atomic E-state index is 11.2. The lowest BCUT2D eigenvalue weighted by atomic mass is 10.1. The average molecular weight is 178 g/mol. The molecular weight excluding hydrogens is 164 g/mol. The SMILES string of the molecule is CCCc1ccnc(C(=O)NC)c1. The van der Waals surface area contributed by atoms with E-state index in [0.29, 0.717) is 5.69 Å². The number of amides is 1. The van der Waals surface area contributed by atoms with Gasteiger partial charge in [0.2, 0.25) is 0 Å². The Morgan fingerprint density at radius 2 is 2.38 bits per heavy atom. The van der Waals surface area contributed by atoms with E-state index in [1.165, 1.54) is 0 Å². The average Bonchev–Trinajstić information content (AvgIpc) is 2.18. The van der Waals surface area contributed by atoms with Crippen molar-refractivity contribution in [1.29, 1.82) is 0 Å². The maximum Gasteiger partial charge on any atom is 0.269 e. The van der Waals surface area contributed by atoms with Crippen molar-refractivity contribution in [1.82, 2.24) is 10.3 Å². The second-order valence-corrected chi connectivity index (χ2v) is 2.88. The quantitative estimate of drug-likeness (QED) is 0.760. The summed E-state index contributed by atoms with van der Waals surface area (Å²) >= 11 is 0. The van der Waals surface area contributed by atoms with E-state index < -0.39 is 0 Å². The van der Waals surface area contributed by atoms with Gasteiger partial charge in [-0.2, -0.15) is 0 Å². The Hall–Kier alpha value is -1.38. The van der Waals surface area contributed by atoms with Gasteiger partial charge in [0.15, 0.2) is 0 Å². The Labute approximate surface area is 78.2 Å². The molecule has 1 aromatic rings. The summed E-state index contributed by atoms with van der Waals surface area (Å²) in [5.41, 5.74) is 1.66. The molecule has 0 bridgehead atoms. The summed E-state index contributed by atoms with van der Waals surface area (Å²) in [6, 6.07) is 3.78. The lowest BCUT2D eigenvalue weighted by Gasteiger charge is -2.01. The number of nitrogens with zero attached hydrogens (tertiary/aromatic N) is 1. The fraction of sp³-hybridized carbons (Fsp3) is 0.400. The molecule has 1 amide bonds. The van der Waals surface area contributed by atoms with Gasteiger partial charge in [0.25, 0.3) is 5.91 Å². The first kappa shape index (κ1) is 9.71. The predicted molar refractivity (Wildman–Crippen MR) is 51.6 cm³/mol. The van der Waals surface area contributed by atoms with Crippen molar-refractivity contribution in [2.45, 2.75) is 19.8 Å². The van der Waals surface area contributed by atoms with Crippen molar-refractivity contribution in [2.24, 2.45) is 0 Å². The summed E-state index contributed by atoms with van der Waals surface area (Å²) in [6.45, 7) is 2.11. The fourth-order valence-electron chi connectivity index (χ4n) is 1.17. The number of carbonyl (C=O) groups is 1. The second kappa shape index (κ2) is 4.60. The molecule has 1 heterocycles. The molecule has 0 saturated carbocycles. The van der Waals surface area contributed by atoms with E-state index in [-0.39, 0.29) is 5.91 Å².